The molecule has 3 aromatic rings. The Bertz CT molecular complexity index is 1260. The first-order chi connectivity index (χ1) is 16.3. The van der Waals surface area contributed by atoms with E-state index in [1.165, 1.54) is 0 Å². The topological polar surface area (TPSA) is 85.9 Å². The molecule has 34 heavy (non-hydrogen) atoms. The number of carbonyl (C=O) groups excluding carboxylic acids is 2. The highest BCUT2D eigenvalue weighted by atomic mass is 35.5. The summed E-state index contributed by atoms with van der Waals surface area (Å²) in [6.45, 7) is 3.38. The van der Waals surface area contributed by atoms with Gasteiger partial charge in [0.05, 0.1) is 23.2 Å². The number of ketones is 1. The van der Waals surface area contributed by atoms with Gasteiger partial charge in [0, 0.05) is 34.8 Å². The lowest BCUT2D eigenvalue weighted by Crippen LogP contribution is -2.32. The molecule has 1 amide bonds. The number of benzene rings is 2. The normalized spacial score (nSPS) is 17.8. The number of hydrogen-bond acceptors (Lipinski definition) is 5. The van der Waals surface area contributed by atoms with Crippen LogP contribution in [0.4, 0.5) is 0 Å². The molecule has 1 aromatic heterocycles. The second kappa shape index (κ2) is 9.91. The van der Waals surface area contributed by atoms with Crippen LogP contribution in [-0.2, 0) is 9.59 Å². The molecule has 0 radical (unpaired) electrons. The Morgan fingerprint density at radius 2 is 1.97 bits per heavy atom. The summed E-state index contributed by atoms with van der Waals surface area (Å²) in [5.41, 5.74) is 2.08. The van der Waals surface area contributed by atoms with Crippen LogP contribution in [0.1, 0.15) is 30.5 Å². The first-order valence-electron chi connectivity index (χ1n) is 11.2. The van der Waals surface area contributed by atoms with Crippen molar-refractivity contribution in [2.75, 3.05) is 33.8 Å². The number of aliphatic hydroxyl groups is 1. The van der Waals surface area contributed by atoms with E-state index in [9.17, 15) is 14.7 Å². The van der Waals surface area contributed by atoms with Crippen LogP contribution in [0.5, 0.6) is 5.75 Å². The molecule has 1 fully saturated rings. The number of Topliss-reactive ketones (excluding diaryl/α,β-unsaturated/α-hetero) is 1. The third kappa shape index (κ3) is 4.41. The number of para-hydroxylation sites is 1. The molecule has 1 aliphatic rings. The molecule has 1 unspecified atom stereocenters. The Hall–Kier alpha value is -3.29. The number of aliphatic hydroxyl groups excluding tert-OH is 1. The van der Waals surface area contributed by atoms with Crippen molar-refractivity contribution in [2.24, 2.45) is 0 Å². The lowest BCUT2D eigenvalue weighted by molar-refractivity contribution is -0.139. The number of amides is 1. The number of H-pyrrole nitrogens is 1. The molecule has 7 nitrogen and oxygen atoms in total. The predicted octanol–water partition coefficient (Wildman–Crippen LogP) is 4.59. The molecule has 1 atom stereocenters. The summed E-state index contributed by atoms with van der Waals surface area (Å²) in [6, 6.07) is 11.8. The maximum Gasteiger partial charge on any atom is 0.295 e. The van der Waals surface area contributed by atoms with Crippen molar-refractivity contribution in [3.63, 3.8) is 0 Å². The maximum absolute atomic E-state index is 13.3. The molecule has 2 aromatic carbocycles. The smallest absolute Gasteiger partial charge is 0.295 e. The van der Waals surface area contributed by atoms with Crippen LogP contribution in [0.2, 0.25) is 5.02 Å². The van der Waals surface area contributed by atoms with E-state index in [1.54, 1.807) is 29.3 Å². The van der Waals surface area contributed by atoms with Crippen molar-refractivity contribution < 1.29 is 19.4 Å². The number of aromatic amines is 1. The molecule has 0 aliphatic carbocycles. The van der Waals surface area contributed by atoms with E-state index in [4.69, 9.17) is 16.3 Å². The van der Waals surface area contributed by atoms with Gasteiger partial charge in [0.15, 0.2) is 0 Å². The summed E-state index contributed by atoms with van der Waals surface area (Å²) < 4.78 is 5.55. The van der Waals surface area contributed by atoms with E-state index in [-0.39, 0.29) is 11.3 Å². The maximum atomic E-state index is 13.3. The number of carbonyl (C=O) groups is 2. The third-order valence-electron chi connectivity index (χ3n) is 5.96. The van der Waals surface area contributed by atoms with Crippen molar-refractivity contribution in [3.8, 4) is 5.75 Å². The molecule has 0 saturated carbocycles. The quantitative estimate of drug-likeness (QED) is 0.279. The number of hydrogen-bond donors (Lipinski definition) is 2. The van der Waals surface area contributed by atoms with E-state index >= 15 is 0 Å². The average Bonchev–Trinajstić information content (AvgIpc) is 3.34. The molecule has 1 saturated heterocycles. The predicted molar refractivity (Wildman–Crippen MR) is 133 cm³/mol. The molecule has 0 spiro atoms. The van der Waals surface area contributed by atoms with Gasteiger partial charge >= 0.3 is 0 Å². The molecule has 0 bridgehead atoms. The largest absolute Gasteiger partial charge is 0.507 e. The van der Waals surface area contributed by atoms with E-state index < -0.39 is 17.7 Å². The van der Waals surface area contributed by atoms with E-state index in [1.807, 2.05) is 50.2 Å². The van der Waals surface area contributed by atoms with Gasteiger partial charge < -0.3 is 24.6 Å². The summed E-state index contributed by atoms with van der Waals surface area (Å²) in [5.74, 6) is -1.17. The number of ether oxygens (including phenoxy) is 1. The van der Waals surface area contributed by atoms with Gasteiger partial charge in [-0.1, -0.05) is 29.8 Å². The van der Waals surface area contributed by atoms with Gasteiger partial charge in [-0.3, -0.25) is 9.59 Å². The van der Waals surface area contributed by atoms with Crippen molar-refractivity contribution in [2.45, 2.75) is 19.4 Å². The van der Waals surface area contributed by atoms with Gasteiger partial charge in [0.2, 0.25) is 0 Å². The minimum absolute atomic E-state index is 0.0596. The molecule has 2 N–H and O–H groups in total. The number of fused-ring (bicyclic) bond motifs is 1. The van der Waals surface area contributed by atoms with Crippen LogP contribution >= 0.6 is 11.6 Å². The van der Waals surface area contributed by atoms with Crippen molar-refractivity contribution in [1.29, 1.82) is 0 Å². The van der Waals surface area contributed by atoms with Gasteiger partial charge in [0.25, 0.3) is 11.7 Å². The number of rotatable bonds is 8. The molecule has 4 rings (SSSR count). The van der Waals surface area contributed by atoms with Crippen LogP contribution in [-0.4, -0.2) is 65.4 Å². The Kier molecular flexibility index (Phi) is 6.95. The lowest BCUT2D eigenvalue weighted by Gasteiger charge is -2.25. The minimum atomic E-state index is -0.718. The van der Waals surface area contributed by atoms with Gasteiger partial charge in [-0.25, -0.2) is 0 Å². The highest BCUT2D eigenvalue weighted by molar-refractivity contribution is 6.46. The number of halogens is 1. The lowest BCUT2D eigenvalue weighted by atomic mass is 9.95. The van der Waals surface area contributed by atoms with E-state index in [0.717, 1.165) is 23.0 Å². The minimum Gasteiger partial charge on any atom is -0.507 e. The van der Waals surface area contributed by atoms with Gasteiger partial charge in [-0.05, 0) is 58.3 Å². The fraction of sp³-hybridized carbons (Fsp3) is 0.308. The van der Waals surface area contributed by atoms with Crippen molar-refractivity contribution in [1.82, 2.24) is 14.8 Å². The Morgan fingerprint density at radius 3 is 2.71 bits per heavy atom. The number of likely N-dealkylation sites (tertiary alicyclic amines) is 1. The van der Waals surface area contributed by atoms with Crippen molar-refractivity contribution in [3.05, 3.63) is 70.4 Å². The first-order valence-corrected chi connectivity index (χ1v) is 11.6. The highest BCUT2D eigenvalue weighted by Gasteiger charge is 2.46. The highest BCUT2D eigenvalue weighted by Crippen LogP contribution is 2.42. The monoisotopic (exact) mass is 481 g/mol. The van der Waals surface area contributed by atoms with Crippen LogP contribution in [0, 0.1) is 0 Å². The fourth-order valence-corrected chi connectivity index (χ4v) is 4.56. The Morgan fingerprint density at radius 1 is 1.21 bits per heavy atom. The van der Waals surface area contributed by atoms with Crippen LogP contribution < -0.4 is 4.74 Å². The average molecular weight is 482 g/mol. The molecular formula is C26H28ClN3O4. The zero-order chi connectivity index (χ0) is 24.4. The summed E-state index contributed by atoms with van der Waals surface area (Å²) >= 11 is 6.21. The van der Waals surface area contributed by atoms with E-state index in [2.05, 4.69) is 4.98 Å². The standard InChI is InChI=1S/C26H28ClN3O4/c1-4-34-21-14-16(10-11-19(21)27)24(31)22-23(18-15-28-20-9-6-5-8-17(18)20)30(26(33)25(22)32)13-7-12-29(2)3/h5-6,8-11,14-15,23,28,31H,4,7,12-13H2,1-3H3/b24-22+. The number of nitrogens with zero attached hydrogens (tertiary/aromatic N) is 2. The second-order valence-electron chi connectivity index (χ2n) is 8.52. The second-order valence-corrected chi connectivity index (χ2v) is 8.92. The van der Waals surface area contributed by atoms with Gasteiger partial charge in [0.1, 0.15) is 11.5 Å². The molecule has 8 heteroatoms. The molecule has 1 aliphatic heterocycles. The summed E-state index contributed by atoms with van der Waals surface area (Å²) in [5, 5.41) is 12.6. The number of aromatic nitrogens is 1. The zero-order valence-corrected chi connectivity index (χ0v) is 20.2. The molecular weight excluding hydrogens is 454 g/mol. The first kappa shape index (κ1) is 23.9. The van der Waals surface area contributed by atoms with Gasteiger partial charge in [-0.2, -0.15) is 0 Å². The van der Waals surface area contributed by atoms with Crippen LogP contribution in [0.15, 0.2) is 54.2 Å². The summed E-state index contributed by atoms with van der Waals surface area (Å²) in [7, 11) is 3.92. The van der Waals surface area contributed by atoms with E-state index in [0.29, 0.717) is 35.9 Å². The van der Waals surface area contributed by atoms with Gasteiger partial charge in [-0.15, -0.1) is 0 Å². The van der Waals surface area contributed by atoms with Crippen molar-refractivity contribution >= 4 is 40.0 Å². The summed E-state index contributed by atoms with van der Waals surface area (Å²) in [4.78, 5) is 33.2. The third-order valence-corrected chi connectivity index (χ3v) is 6.28. The zero-order valence-electron chi connectivity index (χ0n) is 19.5. The molecule has 178 valence electrons. The summed E-state index contributed by atoms with van der Waals surface area (Å²) in [6.07, 6.45) is 2.50. The number of nitrogens with one attached hydrogen (secondary N) is 1. The fourth-order valence-electron chi connectivity index (χ4n) is 4.38. The Labute approximate surface area is 203 Å². The SMILES string of the molecule is CCOc1cc(/C(O)=C2\C(=O)C(=O)N(CCCN(C)C)C2c2c[nH]c3ccccc23)ccc1Cl. The molecule has 2 heterocycles. The van der Waals surface area contributed by atoms with Crippen LogP contribution in [0.25, 0.3) is 16.7 Å². The van der Waals surface area contributed by atoms with Crippen LogP contribution in [0.3, 0.4) is 0 Å². The Balaban J connectivity index is 1.86.